The second kappa shape index (κ2) is 14.5. The first-order valence-corrected chi connectivity index (χ1v) is 19.3. The molecule has 12 nitrogen and oxygen atoms in total. The fourth-order valence-corrected chi connectivity index (χ4v) is 8.94. The van der Waals surface area contributed by atoms with Gasteiger partial charge in [0.25, 0.3) is 5.56 Å². The Kier molecular flexibility index (Phi) is 9.91. The minimum Gasteiger partial charge on any atom is -0.479 e. The van der Waals surface area contributed by atoms with Crippen molar-refractivity contribution >= 4 is 46.6 Å². The van der Waals surface area contributed by atoms with Crippen molar-refractivity contribution in [2.24, 2.45) is 5.92 Å². The van der Waals surface area contributed by atoms with Crippen LogP contribution in [0.3, 0.4) is 0 Å². The Balaban J connectivity index is 1.23. The van der Waals surface area contributed by atoms with Gasteiger partial charge in [0, 0.05) is 24.4 Å². The summed E-state index contributed by atoms with van der Waals surface area (Å²) in [4.78, 5) is 69.8. The molecule has 0 aromatic carbocycles. The van der Waals surface area contributed by atoms with Gasteiger partial charge in [-0.05, 0) is 96.1 Å². The summed E-state index contributed by atoms with van der Waals surface area (Å²) in [5.74, 6) is -2.57. The molecule has 2 aliphatic carbocycles. The minimum absolute atomic E-state index is 0.0239. The molecule has 1 saturated heterocycles. The topological polar surface area (TPSA) is 160 Å². The van der Waals surface area contributed by atoms with E-state index in [4.69, 9.17) is 4.74 Å². The summed E-state index contributed by atoms with van der Waals surface area (Å²) in [5, 5.41) is 28.1. The van der Waals surface area contributed by atoms with Gasteiger partial charge in [-0.15, -0.1) is 0 Å². The number of nitrogens with zero attached hydrogens (tertiary/aromatic N) is 3. The van der Waals surface area contributed by atoms with Gasteiger partial charge in [0.05, 0.1) is 17.8 Å². The highest BCUT2D eigenvalue weighted by Gasteiger charge is 2.61. The Hall–Kier alpha value is -4.30. The Labute approximate surface area is 297 Å². The lowest BCUT2D eigenvalue weighted by atomic mass is 10.0. The van der Waals surface area contributed by atoms with Crippen molar-refractivity contribution in [1.29, 1.82) is 0 Å². The van der Waals surface area contributed by atoms with Gasteiger partial charge < -0.3 is 25.4 Å². The molecule has 2 saturated carbocycles. The molecule has 50 heavy (non-hydrogen) atoms. The molecule has 0 spiro atoms. The first-order chi connectivity index (χ1) is 24.2. The largest absolute Gasteiger partial charge is 0.479 e. The monoisotopic (exact) mass is 719 g/mol. The molecule has 4 aliphatic rings. The number of amides is 3. The minimum atomic E-state index is -1.47. The molecule has 3 N–H and O–H groups in total. The van der Waals surface area contributed by atoms with Gasteiger partial charge in [0.1, 0.15) is 23.7 Å². The van der Waals surface area contributed by atoms with E-state index in [1.54, 1.807) is 6.20 Å². The third-order valence-corrected chi connectivity index (χ3v) is 11.9. The van der Waals surface area contributed by atoms with E-state index < -0.39 is 47.5 Å². The number of alkyl carbamates (subject to hydrolysis) is 1. The van der Waals surface area contributed by atoms with E-state index in [0.29, 0.717) is 24.0 Å². The average Bonchev–Trinajstić information content (AvgIpc) is 3.77. The fourth-order valence-electron chi connectivity index (χ4n) is 7.64. The van der Waals surface area contributed by atoms with Crippen LogP contribution in [0, 0.1) is 5.92 Å². The molecule has 5 heterocycles. The Bertz CT molecular complexity index is 1820. The number of fused-ring (bicyclic) bond motifs is 2. The number of thiophene rings is 2. The zero-order valence-corrected chi connectivity index (χ0v) is 29.3. The van der Waals surface area contributed by atoms with Crippen LogP contribution in [-0.4, -0.2) is 73.9 Å². The molecule has 14 heteroatoms. The molecule has 3 aromatic rings. The molecule has 1 unspecified atom stereocenters. The molecule has 3 fully saturated rings. The zero-order valence-electron chi connectivity index (χ0n) is 27.6. The van der Waals surface area contributed by atoms with Crippen LogP contribution in [0.15, 0.2) is 56.8 Å². The van der Waals surface area contributed by atoms with Crippen LogP contribution in [0.4, 0.5) is 4.79 Å². The highest BCUT2D eigenvalue weighted by atomic mass is 32.1. The summed E-state index contributed by atoms with van der Waals surface area (Å²) in [7, 11) is 0. The third-order valence-electron chi connectivity index (χ3n) is 10.5. The third kappa shape index (κ3) is 6.87. The molecule has 3 amide bonds. The van der Waals surface area contributed by atoms with Gasteiger partial charge in [0.15, 0.2) is 0 Å². The number of ether oxygens (including phenoxy) is 1. The van der Waals surface area contributed by atoms with Crippen LogP contribution >= 0.6 is 22.7 Å². The molecule has 2 aliphatic heterocycles. The zero-order chi connectivity index (χ0) is 34.8. The van der Waals surface area contributed by atoms with Gasteiger partial charge in [-0.25, -0.2) is 14.3 Å². The van der Waals surface area contributed by atoms with Crippen LogP contribution in [0.5, 0.6) is 0 Å². The SMILES string of the molecule is O=C(N[C@@H]1CCCCC/C=C\[C@@H]2CC2(C(=O)O)NC(=O)[C@@H]2C[C@@H](n3ncc(-c4ccsc4)c(-c4ccsc4)c3=O)CN2C1=O)OC1CCCC1. The van der Waals surface area contributed by atoms with Gasteiger partial charge in [-0.2, -0.15) is 27.8 Å². The summed E-state index contributed by atoms with van der Waals surface area (Å²) in [6, 6.07) is 1.07. The van der Waals surface area contributed by atoms with Crippen LogP contribution in [0.2, 0.25) is 0 Å². The van der Waals surface area contributed by atoms with Gasteiger partial charge in [-0.1, -0.05) is 25.0 Å². The van der Waals surface area contributed by atoms with Crippen molar-refractivity contribution in [3.63, 3.8) is 0 Å². The normalized spacial score (nSPS) is 28.1. The van der Waals surface area contributed by atoms with Gasteiger partial charge in [0.2, 0.25) is 11.8 Å². The summed E-state index contributed by atoms with van der Waals surface area (Å²) in [5.41, 5.74) is 0.969. The first-order valence-electron chi connectivity index (χ1n) is 17.4. The summed E-state index contributed by atoms with van der Waals surface area (Å²) in [6.07, 6.45) is 11.8. The van der Waals surface area contributed by atoms with Crippen LogP contribution < -0.4 is 16.2 Å². The average molecular weight is 720 g/mol. The van der Waals surface area contributed by atoms with Crippen molar-refractivity contribution in [2.75, 3.05) is 6.54 Å². The van der Waals surface area contributed by atoms with E-state index in [-0.39, 0.29) is 37.0 Å². The second-order valence-corrected chi connectivity index (χ2v) is 15.3. The van der Waals surface area contributed by atoms with Crippen molar-refractivity contribution in [3.05, 3.63) is 62.4 Å². The van der Waals surface area contributed by atoms with E-state index in [1.165, 1.54) is 32.3 Å². The number of aliphatic carboxylic acids is 1. The highest BCUT2D eigenvalue weighted by Crippen LogP contribution is 2.45. The molecule has 7 rings (SSSR count). The second-order valence-electron chi connectivity index (χ2n) is 13.8. The number of hydrogen-bond acceptors (Lipinski definition) is 9. The van der Waals surface area contributed by atoms with E-state index >= 15 is 0 Å². The Morgan fingerprint density at radius 3 is 2.46 bits per heavy atom. The van der Waals surface area contributed by atoms with E-state index in [0.717, 1.165) is 56.1 Å². The lowest BCUT2D eigenvalue weighted by Gasteiger charge is -2.29. The Morgan fingerprint density at radius 2 is 1.74 bits per heavy atom. The lowest BCUT2D eigenvalue weighted by molar-refractivity contribution is -0.145. The quantitative estimate of drug-likeness (QED) is 0.287. The van der Waals surface area contributed by atoms with E-state index in [2.05, 4.69) is 15.7 Å². The molecular formula is C36H41N5O7S2. The predicted molar refractivity (Wildman–Crippen MR) is 189 cm³/mol. The summed E-state index contributed by atoms with van der Waals surface area (Å²) < 4.78 is 7.00. The highest BCUT2D eigenvalue weighted by molar-refractivity contribution is 7.08. The van der Waals surface area contributed by atoms with Crippen molar-refractivity contribution in [2.45, 2.75) is 100 Å². The number of carbonyl (C=O) groups excluding carboxylic acids is 3. The fraction of sp³-hybridized carbons (Fsp3) is 0.500. The van der Waals surface area contributed by atoms with Crippen molar-refractivity contribution < 1.29 is 29.0 Å². The molecule has 5 atom stereocenters. The smallest absolute Gasteiger partial charge is 0.408 e. The van der Waals surface area contributed by atoms with Crippen molar-refractivity contribution in [3.8, 4) is 22.3 Å². The van der Waals surface area contributed by atoms with Crippen LogP contribution in [0.25, 0.3) is 22.3 Å². The van der Waals surface area contributed by atoms with E-state index in [1.807, 2.05) is 45.8 Å². The van der Waals surface area contributed by atoms with Gasteiger partial charge in [-0.3, -0.25) is 14.4 Å². The number of rotatable bonds is 6. The number of carboxylic acid groups (broad SMARTS) is 1. The van der Waals surface area contributed by atoms with Gasteiger partial charge >= 0.3 is 12.1 Å². The number of carboxylic acids is 1. The number of hydrogen-bond donors (Lipinski definition) is 3. The molecule has 0 radical (unpaired) electrons. The maximum Gasteiger partial charge on any atom is 0.408 e. The number of aromatic nitrogens is 2. The van der Waals surface area contributed by atoms with Crippen LogP contribution in [-0.2, 0) is 19.1 Å². The van der Waals surface area contributed by atoms with Crippen LogP contribution in [0.1, 0.15) is 76.7 Å². The number of carbonyl (C=O) groups is 4. The first kappa shape index (κ1) is 34.2. The number of nitrogens with one attached hydrogen (secondary N) is 2. The molecule has 3 aromatic heterocycles. The molecular weight excluding hydrogens is 679 g/mol. The maximum atomic E-state index is 14.5. The molecule has 264 valence electrons. The lowest BCUT2D eigenvalue weighted by Crippen LogP contribution is -2.56. The summed E-state index contributed by atoms with van der Waals surface area (Å²) in [6.45, 7) is -0.0239. The summed E-state index contributed by atoms with van der Waals surface area (Å²) >= 11 is 2.99. The number of allylic oxidation sites excluding steroid dienone is 1. The predicted octanol–water partition coefficient (Wildman–Crippen LogP) is 5.36. The van der Waals surface area contributed by atoms with E-state index in [9.17, 15) is 29.1 Å². The molecule has 0 bridgehead atoms. The maximum absolute atomic E-state index is 14.5. The van der Waals surface area contributed by atoms with Crippen molar-refractivity contribution in [1.82, 2.24) is 25.3 Å². The Morgan fingerprint density at radius 1 is 1.00 bits per heavy atom. The standard InChI is InChI=1S/C36H41N5O7S2/c42-31-29-16-25(41-33(44)30(23-13-15-50-21-23)27(18-37-41)22-12-14-49-20-22)19-40(29)32(43)28(38-35(47)48-26-9-6-7-10-26)11-5-3-1-2-4-8-24-17-36(24,39-31)34(45)46/h4,8,12-15,18,20-21,24-26,28-29H,1-3,5-7,9-11,16-17,19H2,(H,38,47)(H,39,42)(H,45,46)/b8-4-/t24-,25-,28-,29+,36?/m1/s1.